The lowest BCUT2D eigenvalue weighted by atomic mass is 10.4. The normalized spacial score (nSPS) is 23.6. The number of hydroxylamine groups is 2. The molecule has 1 fully saturated rings. The molecule has 1 aliphatic rings. The molecular weight excluding hydrogens is 97.0 g/mol. The maximum absolute atomic E-state index is 11.1. The van der Waals surface area contributed by atoms with Crippen LogP contribution in [0, 0.1) is 0 Å². The van der Waals surface area contributed by atoms with Gasteiger partial charge in [-0.25, -0.2) is 0 Å². The van der Waals surface area contributed by atoms with Crippen molar-refractivity contribution in [2.45, 2.75) is 12.8 Å². The van der Waals surface area contributed by atoms with Gasteiger partial charge in [-0.15, -0.1) is 0 Å². The molecule has 0 aromatic heterocycles. The highest BCUT2D eigenvalue weighted by molar-refractivity contribution is 4.55. The van der Waals surface area contributed by atoms with Crippen LogP contribution in [0.4, 0.5) is 4.53 Å². The van der Waals surface area contributed by atoms with Crippen molar-refractivity contribution in [3.63, 3.8) is 0 Å². The topological polar surface area (TPSA) is 12.5 Å². The van der Waals surface area contributed by atoms with E-state index in [-0.39, 0.29) is 0 Å². The number of rotatable bonds is 1. The third-order valence-electron chi connectivity index (χ3n) is 1.16. The van der Waals surface area contributed by atoms with Gasteiger partial charge in [0.2, 0.25) is 0 Å². The first kappa shape index (κ1) is 5.00. The number of nitrogens with zero attached hydrogens (tertiary/aromatic N) is 1. The summed E-state index contributed by atoms with van der Waals surface area (Å²) in [4.78, 5) is 0. The van der Waals surface area contributed by atoms with E-state index in [1.54, 1.807) is 0 Å². The molecule has 0 bridgehead atoms. The lowest BCUT2D eigenvalue weighted by molar-refractivity contribution is -0.313. The van der Waals surface area contributed by atoms with Crippen LogP contribution >= 0.6 is 0 Å². The zero-order chi connectivity index (χ0) is 5.11. The fraction of sp³-hybridized carbons (Fsp3) is 1.00. The Balaban J connectivity index is 2.14. The van der Waals surface area contributed by atoms with Crippen LogP contribution in [0.2, 0.25) is 0 Å². The van der Waals surface area contributed by atoms with E-state index in [2.05, 4.69) is 5.04 Å². The molecule has 0 radical (unpaired) electrons. The molecule has 7 heavy (non-hydrogen) atoms. The van der Waals surface area contributed by atoms with E-state index in [0.717, 1.165) is 25.9 Å². The standard InChI is InChI=1S/C4H8FNO/c5-7-6-3-1-2-4-6/h1-4H2. The predicted molar refractivity (Wildman–Crippen MR) is 23.0 cm³/mol. The Morgan fingerprint density at radius 1 is 1.29 bits per heavy atom. The average molecular weight is 105 g/mol. The van der Waals surface area contributed by atoms with E-state index >= 15 is 0 Å². The van der Waals surface area contributed by atoms with Crippen LogP contribution in [0.15, 0.2) is 0 Å². The lowest BCUT2D eigenvalue weighted by Crippen LogP contribution is -2.14. The molecule has 0 aromatic carbocycles. The SMILES string of the molecule is FON1CCCC1. The minimum Gasteiger partial charge on any atom is -0.152 e. The van der Waals surface area contributed by atoms with Gasteiger partial charge >= 0.3 is 0 Å². The summed E-state index contributed by atoms with van der Waals surface area (Å²) in [5.74, 6) is 0. The van der Waals surface area contributed by atoms with Crippen LogP contribution < -0.4 is 0 Å². The number of hydrogen-bond acceptors (Lipinski definition) is 2. The van der Waals surface area contributed by atoms with E-state index in [1.165, 1.54) is 5.06 Å². The summed E-state index contributed by atoms with van der Waals surface area (Å²) < 4.78 is 11.1. The summed E-state index contributed by atoms with van der Waals surface area (Å²) in [6.45, 7) is 1.49. The maximum atomic E-state index is 11.1. The van der Waals surface area contributed by atoms with Crippen LogP contribution in [0.3, 0.4) is 0 Å². The zero-order valence-electron chi connectivity index (χ0n) is 4.06. The third-order valence-corrected chi connectivity index (χ3v) is 1.16. The molecule has 1 saturated heterocycles. The summed E-state index contributed by atoms with van der Waals surface area (Å²) in [7, 11) is 0. The van der Waals surface area contributed by atoms with Crippen LogP contribution in [-0.4, -0.2) is 18.2 Å². The highest BCUT2D eigenvalue weighted by Crippen LogP contribution is 2.06. The van der Waals surface area contributed by atoms with Crippen molar-refractivity contribution in [2.75, 3.05) is 13.1 Å². The van der Waals surface area contributed by atoms with Gasteiger partial charge in [-0.2, -0.15) is 5.06 Å². The lowest BCUT2D eigenvalue weighted by Gasteiger charge is -2.02. The summed E-state index contributed by atoms with van der Waals surface area (Å²) in [5.41, 5.74) is 0. The molecule has 2 nitrogen and oxygen atoms in total. The van der Waals surface area contributed by atoms with E-state index in [0.29, 0.717) is 0 Å². The van der Waals surface area contributed by atoms with Gasteiger partial charge in [0, 0.05) is 13.1 Å². The molecule has 0 amide bonds. The smallest absolute Gasteiger partial charge is 0.0274 e. The minimum atomic E-state index is 0.747. The van der Waals surface area contributed by atoms with Gasteiger partial charge in [-0.05, 0) is 17.4 Å². The number of halogens is 1. The monoisotopic (exact) mass is 105 g/mol. The summed E-state index contributed by atoms with van der Waals surface area (Å²) >= 11 is 0. The van der Waals surface area contributed by atoms with Crippen LogP contribution in [-0.2, 0) is 5.04 Å². The van der Waals surface area contributed by atoms with Crippen molar-refractivity contribution in [1.29, 1.82) is 0 Å². The second-order valence-electron chi connectivity index (χ2n) is 1.71. The molecule has 42 valence electrons. The highest BCUT2D eigenvalue weighted by atomic mass is 19.3. The quantitative estimate of drug-likeness (QED) is 0.491. The number of hydrogen-bond donors (Lipinski definition) is 0. The first-order valence-electron chi connectivity index (χ1n) is 2.47. The Morgan fingerprint density at radius 2 is 1.86 bits per heavy atom. The van der Waals surface area contributed by atoms with Gasteiger partial charge in [-0.1, -0.05) is 5.04 Å². The first-order valence-corrected chi connectivity index (χ1v) is 2.47. The second kappa shape index (κ2) is 2.23. The average Bonchev–Trinajstić information content (AvgIpc) is 2.14. The molecule has 0 N–H and O–H groups in total. The fourth-order valence-electron chi connectivity index (χ4n) is 0.757. The van der Waals surface area contributed by atoms with Gasteiger partial charge in [0.1, 0.15) is 0 Å². The van der Waals surface area contributed by atoms with Gasteiger partial charge in [0.25, 0.3) is 0 Å². The van der Waals surface area contributed by atoms with Gasteiger partial charge in [0.05, 0.1) is 0 Å². The predicted octanol–water partition coefficient (Wildman–Crippen LogP) is 0.898. The Hall–Kier alpha value is -0.150. The van der Waals surface area contributed by atoms with Crippen molar-refractivity contribution in [1.82, 2.24) is 5.06 Å². The van der Waals surface area contributed by atoms with E-state index in [1.807, 2.05) is 0 Å². The van der Waals surface area contributed by atoms with Gasteiger partial charge < -0.3 is 0 Å². The molecule has 3 heteroatoms. The molecule has 0 unspecified atom stereocenters. The molecule has 1 rings (SSSR count). The minimum absolute atomic E-state index is 0.747. The molecule has 0 aliphatic carbocycles. The molecular formula is C4H8FNO. The van der Waals surface area contributed by atoms with E-state index in [4.69, 9.17) is 0 Å². The highest BCUT2D eigenvalue weighted by Gasteiger charge is 2.10. The fourth-order valence-corrected chi connectivity index (χ4v) is 0.757. The zero-order valence-corrected chi connectivity index (χ0v) is 4.06. The van der Waals surface area contributed by atoms with Crippen LogP contribution in [0.1, 0.15) is 12.8 Å². The Bertz CT molecular complexity index is 53.7. The second-order valence-corrected chi connectivity index (χ2v) is 1.71. The molecule has 0 aromatic rings. The summed E-state index contributed by atoms with van der Waals surface area (Å²) in [6, 6.07) is 0. The van der Waals surface area contributed by atoms with Crippen molar-refractivity contribution in [3.8, 4) is 0 Å². The molecule has 0 atom stereocenters. The van der Waals surface area contributed by atoms with Crippen LogP contribution in [0.5, 0.6) is 0 Å². The van der Waals surface area contributed by atoms with Crippen molar-refractivity contribution in [3.05, 3.63) is 0 Å². The van der Waals surface area contributed by atoms with E-state index < -0.39 is 0 Å². The largest absolute Gasteiger partial charge is 0.152 e. The molecule has 1 heterocycles. The molecule has 0 spiro atoms. The Labute approximate surface area is 41.7 Å². The summed E-state index contributed by atoms with van der Waals surface area (Å²) in [5, 5.41) is 4.76. The van der Waals surface area contributed by atoms with Gasteiger partial charge in [0.15, 0.2) is 0 Å². The third kappa shape index (κ3) is 1.11. The first-order chi connectivity index (χ1) is 3.43. The molecule has 1 aliphatic heterocycles. The van der Waals surface area contributed by atoms with Gasteiger partial charge in [-0.3, -0.25) is 0 Å². The Kier molecular flexibility index (Phi) is 1.59. The Morgan fingerprint density at radius 3 is 2.14 bits per heavy atom. The molecule has 0 saturated carbocycles. The van der Waals surface area contributed by atoms with Crippen molar-refractivity contribution < 1.29 is 9.57 Å². The van der Waals surface area contributed by atoms with Crippen molar-refractivity contribution in [2.24, 2.45) is 0 Å². The summed E-state index contributed by atoms with van der Waals surface area (Å²) in [6.07, 6.45) is 2.12. The van der Waals surface area contributed by atoms with Crippen molar-refractivity contribution >= 4 is 0 Å². The van der Waals surface area contributed by atoms with Crippen LogP contribution in [0.25, 0.3) is 0 Å². The van der Waals surface area contributed by atoms with E-state index in [9.17, 15) is 4.53 Å². The maximum Gasteiger partial charge on any atom is 0.0274 e.